The van der Waals surface area contributed by atoms with Gasteiger partial charge in [0.05, 0.1) is 6.61 Å². The van der Waals surface area contributed by atoms with Gasteiger partial charge in [-0.05, 0) is 25.5 Å². The Labute approximate surface area is 169 Å². The quantitative estimate of drug-likeness (QED) is 0.0814. The van der Waals surface area contributed by atoms with Gasteiger partial charge in [0, 0.05) is 6.08 Å². The van der Waals surface area contributed by atoms with E-state index in [0.29, 0.717) is 23.3 Å². The Morgan fingerprint density at radius 2 is 1.19 bits per heavy atom. The minimum atomic E-state index is -3.56. The average Bonchev–Trinajstić information content (AvgIpc) is 2.60. The van der Waals surface area contributed by atoms with E-state index < -0.39 is 6.72 Å². The fourth-order valence-corrected chi connectivity index (χ4v) is 4.76. The van der Waals surface area contributed by atoms with Crippen molar-refractivity contribution in [3.05, 3.63) is 12.2 Å². The molecule has 0 rings (SSSR count). The molecular weight excluding hydrogens is 383 g/mol. The molecule has 5 nitrogen and oxygen atoms in total. The van der Waals surface area contributed by atoms with Gasteiger partial charge in [0.2, 0.25) is 0 Å². The van der Waals surface area contributed by atoms with Gasteiger partial charge in [0.1, 0.15) is 0 Å². The number of allylic oxidation sites excluding steroid dienone is 1. The maximum atomic E-state index is 11.1. The van der Waals surface area contributed by atoms with E-state index in [1.165, 1.54) is 70.3 Å². The van der Waals surface area contributed by atoms with Crippen LogP contribution in [-0.2, 0) is 20.5 Å². The Morgan fingerprint density at radius 1 is 0.778 bits per heavy atom. The van der Waals surface area contributed by atoms with Crippen LogP contribution < -0.4 is 0 Å². The molecule has 0 aromatic carbocycles. The van der Waals surface area contributed by atoms with E-state index in [0.717, 1.165) is 25.7 Å². The number of esters is 1. The molecule has 0 amide bonds. The van der Waals surface area contributed by atoms with Crippen molar-refractivity contribution in [1.82, 2.24) is 0 Å². The third kappa shape index (κ3) is 23.8. The monoisotopic (exact) mass is 424 g/mol. The molecule has 0 aromatic heterocycles. The lowest BCUT2D eigenvalue weighted by atomic mass is 10.0. The molecule has 0 spiro atoms. The van der Waals surface area contributed by atoms with E-state index in [-0.39, 0.29) is 5.97 Å². The molecule has 162 valence electrons. The van der Waals surface area contributed by atoms with Crippen LogP contribution in [0, 0.1) is 0 Å². The van der Waals surface area contributed by atoms with Crippen LogP contribution in [0.15, 0.2) is 12.2 Å². The molecule has 0 heterocycles. The molecule has 7 heteroatoms. The van der Waals surface area contributed by atoms with Crippen molar-refractivity contribution >= 4 is 23.6 Å². The molecule has 0 saturated heterocycles. The van der Waals surface area contributed by atoms with Crippen molar-refractivity contribution in [3.63, 3.8) is 0 Å². The van der Waals surface area contributed by atoms with Crippen LogP contribution in [0.4, 0.5) is 0 Å². The first-order valence-electron chi connectivity index (χ1n) is 10.5. The standard InChI is InChI=1S/C20H41O5PS/c1-2-17-20(21)25-18-15-13-11-9-7-5-3-4-6-8-10-12-14-16-19-27-26(22,23)24/h2,17,22-24,27H,3-16,18-19H2,1H3. The average molecular weight is 425 g/mol. The summed E-state index contributed by atoms with van der Waals surface area (Å²) in [6.07, 6.45) is 20.2. The van der Waals surface area contributed by atoms with Crippen LogP contribution in [-0.4, -0.2) is 33.0 Å². The molecule has 0 bridgehead atoms. The van der Waals surface area contributed by atoms with Crippen LogP contribution in [0.2, 0.25) is 0 Å². The molecule has 27 heavy (non-hydrogen) atoms. The second kappa shape index (κ2) is 19.2. The van der Waals surface area contributed by atoms with E-state index >= 15 is 0 Å². The van der Waals surface area contributed by atoms with Crippen LogP contribution in [0.25, 0.3) is 0 Å². The Morgan fingerprint density at radius 3 is 1.59 bits per heavy atom. The van der Waals surface area contributed by atoms with Gasteiger partial charge in [-0.25, -0.2) is 4.79 Å². The van der Waals surface area contributed by atoms with Crippen molar-refractivity contribution in [2.24, 2.45) is 0 Å². The second-order valence-corrected chi connectivity index (χ2v) is 11.3. The molecular formula is C20H41O5PS. The zero-order valence-electron chi connectivity index (χ0n) is 17.0. The van der Waals surface area contributed by atoms with E-state index in [4.69, 9.17) is 19.4 Å². The fraction of sp³-hybridized carbons (Fsp3) is 0.850. The molecule has 0 unspecified atom stereocenters. The smallest absolute Gasteiger partial charge is 0.330 e. The largest absolute Gasteiger partial charge is 0.463 e. The van der Waals surface area contributed by atoms with Crippen molar-refractivity contribution in [2.45, 2.75) is 96.8 Å². The molecule has 0 aliphatic heterocycles. The summed E-state index contributed by atoms with van der Waals surface area (Å²) >= 11 is 0. The van der Waals surface area contributed by atoms with E-state index in [1.807, 2.05) is 6.92 Å². The molecule has 0 radical (unpaired) electrons. The SMILES string of the molecule is CC=CC(=O)OCCCCCCCCCCCCCCCC[SH]=P(O)(O)O. The maximum Gasteiger partial charge on any atom is 0.330 e. The van der Waals surface area contributed by atoms with Gasteiger partial charge >= 0.3 is 5.97 Å². The van der Waals surface area contributed by atoms with Gasteiger partial charge in [-0.15, -0.1) is 10.9 Å². The highest BCUT2D eigenvalue weighted by Gasteiger charge is 1.99. The van der Waals surface area contributed by atoms with Crippen molar-refractivity contribution in [1.29, 1.82) is 0 Å². The molecule has 0 aliphatic carbocycles. The summed E-state index contributed by atoms with van der Waals surface area (Å²) < 4.78 is 5.06. The number of hydrogen-bond donors (Lipinski definition) is 4. The molecule has 0 fully saturated rings. The van der Waals surface area contributed by atoms with Gasteiger partial charge < -0.3 is 19.4 Å². The molecule has 0 atom stereocenters. The third-order valence-electron chi connectivity index (χ3n) is 4.39. The Bertz CT molecular complexity index is 426. The van der Waals surface area contributed by atoms with Crippen molar-refractivity contribution < 1.29 is 24.2 Å². The third-order valence-corrected chi connectivity index (χ3v) is 7.02. The highest BCUT2D eigenvalue weighted by molar-refractivity contribution is 8.16. The first-order chi connectivity index (χ1) is 13.0. The number of rotatable bonds is 18. The predicted octanol–water partition coefficient (Wildman–Crippen LogP) is 5.04. The number of thiol groups is 1. The van der Waals surface area contributed by atoms with Gasteiger partial charge in [-0.1, -0.05) is 83.1 Å². The highest BCUT2D eigenvalue weighted by Crippen LogP contribution is 2.31. The Balaban J connectivity index is 3.14. The number of unbranched alkanes of at least 4 members (excludes halogenated alkanes) is 13. The first kappa shape index (κ1) is 26.9. The summed E-state index contributed by atoms with van der Waals surface area (Å²) in [5.74, 6) is 0.443. The van der Waals surface area contributed by atoms with Gasteiger partial charge in [0.15, 0.2) is 0 Å². The van der Waals surface area contributed by atoms with E-state index in [2.05, 4.69) is 0 Å². The van der Waals surface area contributed by atoms with Crippen molar-refractivity contribution in [2.75, 3.05) is 12.4 Å². The number of ether oxygens (including phenoxy) is 1. The fourth-order valence-electron chi connectivity index (χ4n) is 2.90. The minimum Gasteiger partial charge on any atom is -0.463 e. The normalized spacial score (nSPS) is 12.0. The Kier molecular flexibility index (Phi) is 19.1. The lowest BCUT2D eigenvalue weighted by Gasteiger charge is -2.04. The van der Waals surface area contributed by atoms with E-state index in [1.54, 1.807) is 6.08 Å². The van der Waals surface area contributed by atoms with Gasteiger partial charge in [-0.2, -0.15) is 0 Å². The van der Waals surface area contributed by atoms with Crippen LogP contribution in [0.3, 0.4) is 0 Å². The zero-order valence-corrected chi connectivity index (χ0v) is 18.8. The second-order valence-electron chi connectivity index (χ2n) is 7.02. The van der Waals surface area contributed by atoms with Gasteiger partial charge in [-0.3, -0.25) is 0 Å². The summed E-state index contributed by atoms with van der Waals surface area (Å²) in [5.41, 5.74) is 0. The summed E-state index contributed by atoms with van der Waals surface area (Å²) in [7, 11) is 0.393. The summed E-state index contributed by atoms with van der Waals surface area (Å²) in [5, 5.41) is 0. The zero-order chi connectivity index (χ0) is 20.2. The maximum absolute atomic E-state index is 11.1. The summed E-state index contributed by atoms with van der Waals surface area (Å²) in [6, 6.07) is 0. The lowest BCUT2D eigenvalue weighted by Crippen LogP contribution is -2.01. The number of hydrogen-bond acceptors (Lipinski definition) is 2. The van der Waals surface area contributed by atoms with E-state index in [9.17, 15) is 4.79 Å². The summed E-state index contributed by atoms with van der Waals surface area (Å²) in [6.45, 7) is -1.21. The number of carbonyl (C=O) groups is 1. The molecule has 0 aliphatic rings. The van der Waals surface area contributed by atoms with Crippen molar-refractivity contribution in [3.8, 4) is 0 Å². The molecule has 0 saturated carbocycles. The summed E-state index contributed by atoms with van der Waals surface area (Å²) in [4.78, 5) is 37.7. The lowest BCUT2D eigenvalue weighted by molar-refractivity contribution is -0.137. The molecule has 3 N–H and O–H groups in total. The highest BCUT2D eigenvalue weighted by atomic mass is 32.5. The van der Waals surface area contributed by atoms with Crippen LogP contribution in [0.5, 0.6) is 0 Å². The number of carbonyl (C=O) groups excluding carboxylic acids is 1. The topological polar surface area (TPSA) is 87.0 Å². The van der Waals surface area contributed by atoms with Crippen LogP contribution >= 0.6 is 6.72 Å². The van der Waals surface area contributed by atoms with Crippen LogP contribution in [0.1, 0.15) is 96.8 Å². The minimum absolute atomic E-state index is 0.237. The Hall–Kier alpha value is -0.130. The van der Waals surface area contributed by atoms with Gasteiger partial charge in [0.25, 0.3) is 6.72 Å². The predicted molar refractivity (Wildman–Crippen MR) is 118 cm³/mol. The molecule has 0 aromatic rings. The first-order valence-corrected chi connectivity index (χ1v) is 13.9.